The van der Waals surface area contributed by atoms with Gasteiger partial charge in [-0.25, -0.2) is 0 Å². The van der Waals surface area contributed by atoms with E-state index < -0.39 is 4.92 Å². The van der Waals surface area contributed by atoms with E-state index in [0.29, 0.717) is 18.3 Å². The van der Waals surface area contributed by atoms with Crippen molar-refractivity contribution in [3.63, 3.8) is 0 Å². The van der Waals surface area contributed by atoms with Crippen molar-refractivity contribution < 1.29 is 4.92 Å². The van der Waals surface area contributed by atoms with E-state index >= 15 is 0 Å². The molecule has 0 bridgehead atoms. The van der Waals surface area contributed by atoms with Crippen molar-refractivity contribution in [2.75, 3.05) is 18.4 Å². The Morgan fingerprint density at radius 2 is 1.90 bits per heavy atom. The van der Waals surface area contributed by atoms with Crippen LogP contribution in [0.5, 0.6) is 0 Å². The number of halogens is 1. The monoisotopic (exact) mass is 311 g/mol. The van der Waals surface area contributed by atoms with Crippen LogP contribution in [0, 0.1) is 10.1 Å². The van der Waals surface area contributed by atoms with Crippen molar-refractivity contribution in [2.45, 2.75) is 44.6 Å². The highest BCUT2D eigenvalue weighted by molar-refractivity contribution is 6.33. The maximum atomic E-state index is 11.0. The number of nitrogens with one attached hydrogen (secondary N) is 2. The minimum Gasteiger partial charge on any atom is -0.378 e. The van der Waals surface area contributed by atoms with E-state index in [1.165, 1.54) is 44.6 Å². The Morgan fingerprint density at radius 3 is 2.57 bits per heavy atom. The van der Waals surface area contributed by atoms with Crippen LogP contribution in [0.15, 0.2) is 18.2 Å². The van der Waals surface area contributed by atoms with Gasteiger partial charge in [0.2, 0.25) is 0 Å². The first-order valence-electron chi connectivity index (χ1n) is 7.58. The fourth-order valence-electron chi connectivity index (χ4n) is 2.80. The number of hydrogen-bond donors (Lipinski definition) is 2. The zero-order chi connectivity index (χ0) is 15.1. The predicted octanol–water partition coefficient (Wildman–Crippen LogP) is 3.97. The van der Waals surface area contributed by atoms with Gasteiger partial charge in [0.25, 0.3) is 0 Å². The largest absolute Gasteiger partial charge is 0.378 e. The second-order valence-electron chi connectivity index (χ2n) is 5.46. The number of nitrogens with zero attached hydrogens (tertiary/aromatic N) is 1. The molecule has 5 nitrogen and oxygen atoms in total. The molecule has 6 heteroatoms. The number of nitro groups is 1. The fourth-order valence-corrected chi connectivity index (χ4v) is 3.04. The Hall–Kier alpha value is -1.33. The zero-order valence-corrected chi connectivity index (χ0v) is 12.9. The summed E-state index contributed by atoms with van der Waals surface area (Å²) in [4.78, 5) is 10.6. The van der Waals surface area contributed by atoms with E-state index in [1.807, 2.05) is 0 Å². The molecule has 0 saturated heterocycles. The van der Waals surface area contributed by atoms with Crippen molar-refractivity contribution >= 4 is 23.0 Å². The molecule has 0 spiro atoms. The van der Waals surface area contributed by atoms with Crippen LogP contribution in [-0.2, 0) is 0 Å². The van der Waals surface area contributed by atoms with E-state index in [4.69, 9.17) is 11.6 Å². The molecule has 0 radical (unpaired) electrons. The van der Waals surface area contributed by atoms with Gasteiger partial charge in [-0.2, -0.15) is 0 Å². The highest BCUT2D eigenvalue weighted by Gasteiger charge is 2.18. The average Bonchev–Trinajstić information content (AvgIpc) is 2.72. The van der Waals surface area contributed by atoms with Crippen LogP contribution in [0.4, 0.5) is 11.4 Å². The van der Waals surface area contributed by atoms with Gasteiger partial charge in [0.05, 0.1) is 4.92 Å². The minimum absolute atomic E-state index is 0.0476. The molecular formula is C15H22ClN3O2. The van der Waals surface area contributed by atoms with Gasteiger partial charge in [-0.1, -0.05) is 43.4 Å². The summed E-state index contributed by atoms with van der Waals surface area (Å²) >= 11 is 5.88. The van der Waals surface area contributed by atoms with Gasteiger partial charge in [0, 0.05) is 19.1 Å². The predicted molar refractivity (Wildman–Crippen MR) is 86.1 cm³/mol. The third-order valence-electron chi connectivity index (χ3n) is 3.90. The highest BCUT2D eigenvalue weighted by atomic mass is 35.5. The first kappa shape index (κ1) is 16.0. The number of para-hydroxylation sites is 1. The smallest absolute Gasteiger partial charge is 0.310 e. The van der Waals surface area contributed by atoms with Crippen LogP contribution < -0.4 is 10.6 Å². The lowest BCUT2D eigenvalue weighted by Crippen LogP contribution is -2.32. The molecule has 0 aromatic heterocycles. The molecule has 0 amide bonds. The van der Waals surface area contributed by atoms with Crippen LogP contribution in [0.25, 0.3) is 0 Å². The summed E-state index contributed by atoms with van der Waals surface area (Å²) in [6, 6.07) is 5.53. The van der Waals surface area contributed by atoms with Crippen LogP contribution in [0.2, 0.25) is 5.02 Å². The summed E-state index contributed by atoms with van der Waals surface area (Å²) < 4.78 is 0. The number of rotatable bonds is 6. The second kappa shape index (κ2) is 8.20. The number of anilines is 1. The molecule has 0 atom stereocenters. The van der Waals surface area contributed by atoms with Gasteiger partial charge in [0.1, 0.15) is 10.7 Å². The van der Waals surface area contributed by atoms with Gasteiger partial charge >= 0.3 is 5.69 Å². The third kappa shape index (κ3) is 4.86. The standard InChI is InChI=1S/C15H22ClN3O2/c16-13-8-5-9-14(15(13)19(20)21)18-11-10-17-12-6-3-1-2-4-7-12/h5,8-9,12,17-18H,1-4,6-7,10-11H2. The second-order valence-corrected chi connectivity index (χ2v) is 5.87. The molecule has 0 aliphatic heterocycles. The highest BCUT2D eigenvalue weighted by Crippen LogP contribution is 2.31. The number of benzene rings is 1. The molecule has 1 aromatic carbocycles. The van der Waals surface area contributed by atoms with E-state index in [1.54, 1.807) is 12.1 Å². The van der Waals surface area contributed by atoms with Crippen molar-refractivity contribution in [2.24, 2.45) is 0 Å². The summed E-state index contributed by atoms with van der Waals surface area (Å²) in [7, 11) is 0. The summed E-state index contributed by atoms with van der Waals surface area (Å²) in [5, 5.41) is 17.8. The molecule has 2 rings (SSSR count). The van der Waals surface area contributed by atoms with Crippen molar-refractivity contribution in [3.8, 4) is 0 Å². The molecule has 21 heavy (non-hydrogen) atoms. The average molecular weight is 312 g/mol. The lowest BCUT2D eigenvalue weighted by molar-refractivity contribution is -0.383. The molecule has 0 unspecified atom stereocenters. The van der Waals surface area contributed by atoms with Gasteiger partial charge in [-0.05, 0) is 25.0 Å². The molecular weight excluding hydrogens is 290 g/mol. The first-order chi connectivity index (χ1) is 10.2. The summed E-state index contributed by atoms with van der Waals surface area (Å²) in [5.41, 5.74) is 0.434. The summed E-state index contributed by atoms with van der Waals surface area (Å²) in [5.74, 6) is 0. The molecule has 1 aliphatic carbocycles. The lowest BCUT2D eigenvalue weighted by atomic mass is 10.1. The number of nitro benzene ring substituents is 1. The Balaban J connectivity index is 1.80. The van der Waals surface area contributed by atoms with Crippen LogP contribution in [-0.4, -0.2) is 24.1 Å². The Morgan fingerprint density at radius 1 is 1.19 bits per heavy atom. The van der Waals surface area contributed by atoms with E-state index in [2.05, 4.69) is 10.6 Å². The van der Waals surface area contributed by atoms with Crippen molar-refractivity contribution in [1.29, 1.82) is 0 Å². The van der Waals surface area contributed by atoms with Crippen molar-refractivity contribution in [1.82, 2.24) is 5.32 Å². The van der Waals surface area contributed by atoms with Crippen molar-refractivity contribution in [3.05, 3.63) is 33.3 Å². The number of hydrogen-bond acceptors (Lipinski definition) is 4. The maximum Gasteiger partial charge on any atom is 0.310 e. The topological polar surface area (TPSA) is 67.2 Å². The maximum absolute atomic E-state index is 11.0. The Bertz CT molecular complexity index is 474. The fraction of sp³-hybridized carbons (Fsp3) is 0.600. The van der Waals surface area contributed by atoms with Gasteiger partial charge < -0.3 is 10.6 Å². The van der Waals surface area contributed by atoms with Gasteiger partial charge in [0.15, 0.2) is 0 Å². The lowest BCUT2D eigenvalue weighted by Gasteiger charge is -2.16. The molecule has 1 fully saturated rings. The minimum atomic E-state index is -0.441. The molecule has 1 aromatic rings. The molecule has 116 valence electrons. The zero-order valence-electron chi connectivity index (χ0n) is 12.1. The van der Waals surface area contributed by atoms with Crippen LogP contribution in [0.1, 0.15) is 38.5 Å². The first-order valence-corrected chi connectivity index (χ1v) is 7.96. The SMILES string of the molecule is O=[N+]([O-])c1c(Cl)cccc1NCCNC1CCCCCC1. The summed E-state index contributed by atoms with van der Waals surface area (Å²) in [6.07, 6.45) is 7.74. The van der Waals surface area contributed by atoms with Gasteiger partial charge in [-0.15, -0.1) is 0 Å². The Labute approximate surface area is 130 Å². The normalized spacial score (nSPS) is 16.4. The summed E-state index contributed by atoms with van der Waals surface area (Å²) in [6.45, 7) is 1.45. The van der Waals surface area contributed by atoms with E-state index in [-0.39, 0.29) is 10.7 Å². The van der Waals surface area contributed by atoms with Gasteiger partial charge in [-0.3, -0.25) is 10.1 Å². The van der Waals surface area contributed by atoms with E-state index in [0.717, 1.165) is 6.54 Å². The van der Waals surface area contributed by atoms with Crippen LogP contribution >= 0.6 is 11.6 Å². The quantitative estimate of drug-likeness (QED) is 0.361. The molecule has 1 saturated carbocycles. The van der Waals surface area contributed by atoms with Crippen LogP contribution in [0.3, 0.4) is 0 Å². The molecule has 2 N–H and O–H groups in total. The molecule has 0 heterocycles. The third-order valence-corrected chi connectivity index (χ3v) is 4.20. The Kier molecular flexibility index (Phi) is 6.26. The van der Waals surface area contributed by atoms with E-state index in [9.17, 15) is 10.1 Å². The molecule has 1 aliphatic rings.